The zero-order valence-electron chi connectivity index (χ0n) is 21.2. The van der Waals surface area contributed by atoms with Gasteiger partial charge in [0.05, 0.1) is 39.9 Å². The van der Waals surface area contributed by atoms with Crippen molar-refractivity contribution in [1.29, 1.82) is 0 Å². The number of aromatic nitrogens is 2. The van der Waals surface area contributed by atoms with Gasteiger partial charge in [0, 0.05) is 43.1 Å². The molecule has 0 aliphatic carbocycles. The number of fused-ring (bicyclic) bond motifs is 2. The first kappa shape index (κ1) is 25.7. The molecule has 0 bridgehead atoms. The quantitative estimate of drug-likeness (QED) is 0.282. The normalized spacial score (nSPS) is 14.7. The molecule has 9 nitrogen and oxygen atoms in total. The van der Waals surface area contributed by atoms with E-state index in [0.29, 0.717) is 57.2 Å². The van der Waals surface area contributed by atoms with Crippen LogP contribution in [-0.4, -0.2) is 50.6 Å². The smallest absolute Gasteiger partial charge is 0.261 e. The Hall–Kier alpha value is -4.60. The number of aliphatic hydroxyl groups is 1. The van der Waals surface area contributed by atoms with E-state index in [1.807, 2.05) is 12.1 Å². The number of benzene rings is 2. The first-order valence-electron chi connectivity index (χ1n) is 12.8. The van der Waals surface area contributed by atoms with Crippen LogP contribution in [0.5, 0.6) is 0 Å². The molecule has 0 saturated heterocycles. The van der Waals surface area contributed by atoms with Gasteiger partial charge in [-0.25, -0.2) is 0 Å². The highest BCUT2D eigenvalue weighted by Crippen LogP contribution is 2.36. The van der Waals surface area contributed by atoms with E-state index in [1.54, 1.807) is 54.9 Å². The second-order valence-electron chi connectivity index (χ2n) is 9.68. The van der Waals surface area contributed by atoms with Crippen LogP contribution >= 0.6 is 11.6 Å². The van der Waals surface area contributed by atoms with Gasteiger partial charge in [0.1, 0.15) is 0 Å². The number of pyridine rings is 2. The van der Waals surface area contributed by atoms with E-state index in [2.05, 4.69) is 20.3 Å². The second-order valence-corrected chi connectivity index (χ2v) is 10.1. The number of aliphatic hydroxyl groups excluding tert-OH is 1. The highest BCUT2D eigenvalue weighted by atomic mass is 35.5. The van der Waals surface area contributed by atoms with Crippen LogP contribution in [0.1, 0.15) is 49.1 Å². The van der Waals surface area contributed by atoms with E-state index < -0.39 is 6.10 Å². The summed E-state index contributed by atoms with van der Waals surface area (Å²) >= 11 is 6.05. The van der Waals surface area contributed by atoms with Crippen LogP contribution in [0.2, 0.25) is 5.02 Å². The summed E-state index contributed by atoms with van der Waals surface area (Å²) in [6.07, 6.45) is 4.89. The van der Waals surface area contributed by atoms with Gasteiger partial charge < -0.3 is 15.4 Å². The number of carbonyl (C=O) groups is 2. The summed E-state index contributed by atoms with van der Waals surface area (Å²) in [5, 5.41) is 14.3. The molecule has 0 unspecified atom stereocenters. The van der Waals surface area contributed by atoms with E-state index in [1.165, 1.54) is 11.1 Å². The highest BCUT2D eigenvalue weighted by Gasteiger charge is 2.37. The molecule has 200 valence electrons. The topological polar surface area (TPSA) is 128 Å². The lowest BCUT2D eigenvalue weighted by molar-refractivity contribution is 0.0656. The minimum Gasteiger partial charge on any atom is -0.387 e. The van der Waals surface area contributed by atoms with Gasteiger partial charge in [-0.15, -0.1) is 0 Å². The third-order valence-electron chi connectivity index (χ3n) is 7.10. The van der Waals surface area contributed by atoms with Crippen molar-refractivity contribution >= 4 is 40.5 Å². The van der Waals surface area contributed by atoms with E-state index in [-0.39, 0.29) is 30.5 Å². The maximum Gasteiger partial charge on any atom is 0.261 e. The standard InChI is InChI=1S/C30H24ClN5O4/c31-20-5-1-4-18(11-20)26(37)16-34-23-6-9-33-28(38)27(23)25-13-19-12-21-22(14-24(19)35-25)30(40)36(29(21)39)10-7-17-3-2-8-32-15-17/h1-6,8-9,11-12,14-15,26,37H,7,10,13,16H2,(H2,33,34,38)/t26-/m1/s1. The molecule has 0 saturated carbocycles. The van der Waals surface area contributed by atoms with E-state index >= 15 is 0 Å². The number of hydrogen-bond donors (Lipinski definition) is 3. The molecular formula is C30H24ClN5O4. The first-order valence-corrected chi connectivity index (χ1v) is 13.2. The lowest BCUT2D eigenvalue weighted by Crippen LogP contribution is -2.31. The molecule has 40 heavy (non-hydrogen) atoms. The Morgan fingerprint density at radius 1 is 1.05 bits per heavy atom. The SMILES string of the molecule is O=C1c2cc3c(cc2C(=O)N1CCc1cccnc1)N=C(c1c(NC[C@@H](O)c2cccc(Cl)c2)cc[nH]c1=O)C3. The largest absolute Gasteiger partial charge is 0.387 e. The van der Waals surface area contributed by atoms with Crippen molar-refractivity contribution in [3.63, 3.8) is 0 Å². The predicted molar refractivity (Wildman–Crippen MR) is 152 cm³/mol. The number of nitrogens with one attached hydrogen (secondary N) is 2. The van der Waals surface area contributed by atoms with Crippen molar-refractivity contribution < 1.29 is 14.7 Å². The van der Waals surface area contributed by atoms with Crippen molar-refractivity contribution in [2.45, 2.75) is 18.9 Å². The molecule has 4 heterocycles. The second kappa shape index (κ2) is 10.5. The summed E-state index contributed by atoms with van der Waals surface area (Å²) in [5.74, 6) is -0.694. The molecule has 10 heteroatoms. The van der Waals surface area contributed by atoms with Crippen LogP contribution in [0.25, 0.3) is 0 Å². The molecule has 0 fully saturated rings. The number of halogens is 1. The van der Waals surface area contributed by atoms with Crippen molar-refractivity contribution in [3.8, 4) is 0 Å². The average Bonchev–Trinajstić information content (AvgIpc) is 3.47. The molecule has 2 aromatic heterocycles. The Morgan fingerprint density at radius 3 is 2.65 bits per heavy atom. The van der Waals surface area contributed by atoms with Gasteiger partial charge in [0.2, 0.25) is 0 Å². The minimum atomic E-state index is -0.852. The number of hydrogen-bond acceptors (Lipinski definition) is 7. The van der Waals surface area contributed by atoms with Gasteiger partial charge in [-0.05, 0) is 59.5 Å². The number of rotatable bonds is 8. The van der Waals surface area contributed by atoms with Crippen molar-refractivity contribution in [1.82, 2.24) is 14.9 Å². The van der Waals surface area contributed by atoms with Gasteiger partial charge in [-0.2, -0.15) is 0 Å². The molecule has 6 rings (SSSR count). The lowest BCUT2D eigenvalue weighted by atomic mass is 10.00. The number of aliphatic imine (C=N–C) groups is 1. The number of anilines is 1. The molecule has 0 spiro atoms. The van der Waals surface area contributed by atoms with Crippen LogP contribution in [0.15, 0.2) is 83.0 Å². The summed E-state index contributed by atoms with van der Waals surface area (Å²) in [6, 6.07) is 15.7. The van der Waals surface area contributed by atoms with E-state index in [9.17, 15) is 19.5 Å². The van der Waals surface area contributed by atoms with Gasteiger partial charge >= 0.3 is 0 Å². The van der Waals surface area contributed by atoms with Gasteiger partial charge in [0.15, 0.2) is 0 Å². The van der Waals surface area contributed by atoms with Crippen LogP contribution in [0, 0.1) is 0 Å². The van der Waals surface area contributed by atoms with Crippen molar-refractivity contribution in [3.05, 3.63) is 122 Å². The van der Waals surface area contributed by atoms with Crippen LogP contribution < -0.4 is 10.9 Å². The average molecular weight is 554 g/mol. The minimum absolute atomic E-state index is 0.142. The summed E-state index contributed by atoms with van der Waals surface area (Å²) < 4.78 is 0. The van der Waals surface area contributed by atoms with E-state index in [0.717, 1.165) is 11.1 Å². The van der Waals surface area contributed by atoms with Gasteiger partial charge in [0.25, 0.3) is 17.4 Å². The fourth-order valence-electron chi connectivity index (χ4n) is 5.07. The van der Waals surface area contributed by atoms with Gasteiger partial charge in [-0.1, -0.05) is 29.8 Å². The zero-order chi connectivity index (χ0) is 27.8. The Morgan fingerprint density at radius 2 is 1.88 bits per heavy atom. The predicted octanol–water partition coefficient (Wildman–Crippen LogP) is 4.08. The number of imide groups is 1. The molecule has 2 aliphatic heterocycles. The third-order valence-corrected chi connectivity index (χ3v) is 7.33. The molecule has 2 aliphatic rings. The highest BCUT2D eigenvalue weighted by molar-refractivity contribution is 6.30. The first-order chi connectivity index (χ1) is 19.4. The monoisotopic (exact) mass is 553 g/mol. The summed E-state index contributed by atoms with van der Waals surface area (Å²) in [7, 11) is 0. The molecule has 1 atom stereocenters. The summed E-state index contributed by atoms with van der Waals surface area (Å²) in [5.41, 5.74) is 4.58. The lowest BCUT2D eigenvalue weighted by Gasteiger charge is -2.15. The number of nitrogens with zero attached hydrogens (tertiary/aromatic N) is 3. The Kier molecular flexibility index (Phi) is 6.75. The number of aromatic amines is 1. The van der Waals surface area contributed by atoms with Crippen molar-refractivity contribution in [2.75, 3.05) is 18.4 Å². The fraction of sp³-hybridized carbons (Fsp3) is 0.167. The van der Waals surface area contributed by atoms with Gasteiger partial charge in [-0.3, -0.25) is 29.3 Å². The summed E-state index contributed by atoms with van der Waals surface area (Å²) in [6.45, 7) is 0.399. The molecular weight excluding hydrogens is 530 g/mol. The zero-order valence-corrected chi connectivity index (χ0v) is 22.0. The molecule has 2 aromatic carbocycles. The number of carbonyl (C=O) groups excluding carboxylic acids is 2. The number of amides is 2. The molecule has 3 N–H and O–H groups in total. The molecule has 0 radical (unpaired) electrons. The third kappa shape index (κ3) is 4.81. The van der Waals surface area contributed by atoms with Crippen LogP contribution in [0.3, 0.4) is 0 Å². The maximum absolute atomic E-state index is 13.1. The maximum atomic E-state index is 13.1. The van der Waals surface area contributed by atoms with E-state index in [4.69, 9.17) is 11.6 Å². The number of H-pyrrole nitrogens is 1. The molecule has 4 aromatic rings. The van der Waals surface area contributed by atoms with Crippen LogP contribution in [0.4, 0.5) is 11.4 Å². The van der Waals surface area contributed by atoms with Crippen LogP contribution in [-0.2, 0) is 12.8 Å². The fourth-order valence-corrected chi connectivity index (χ4v) is 5.26. The Labute approximate surface area is 234 Å². The summed E-state index contributed by atoms with van der Waals surface area (Å²) in [4.78, 5) is 51.9. The van der Waals surface area contributed by atoms with Crippen molar-refractivity contribution in [2.24, 2.45) is 4.99 Å². The molecule has 2 amide bonds. The Balaban J connectivity index is 1.22. The Bertz CT molecular complexity index is 1730.